The van der Waals surface area contributed by atoms with Crippen LogP contribution in [-0.2, 0) is 11.3 Å². The highest BCUT2D eigenvalue weighted by molar-refractivity contribution is 6.00. The van der Waals surface area contributed by atoms with Gasteiger partial charge in [-0.25, -0.2) is 0 Å². The first kappa shape index (κ1) is 37.5. The predicted octanol–water partition coefficient (Wildman–Crippen LogP) is 14.5. The summed E-state index contributed by atoms with van der Waals surface area (Å²) >= 11 is 0. The zero-order valence-corrected chi connectivity index (χ0v) is 37.8. The minimum Gasteiger partial charge on any atom is -0.392 e. The minimum absolute atomic E-state index is 0.140. The third kappa shape index (κ3) is 5.45. The van der Waals surface area contributed by atoms with Crippen LogP contribution in [0.2, 0.25) is 0 Å². The van der Waals surface area contributed by atoms with E-state index in [1.165, 1.54) is 27.8 Å². The second-order valence-electron chi connectivity index (χ2n) is 19.3. The molecule has 0 saturated carbocycles. The van der Waals surface area contributed by atoms with Gasteiger partial charge in [-0.05, 0) is 110 Å². The van der Waals surface area contributed by atoms with Crippen molar-refractivity contribution in [3.05, 3.63) is 217 Å². The van der Waals surface area contributed by atoms with Crippen LogP contribution in [0.4, 0.5) is 0 Å². The van der Waals surface area contributed by atoms with Crippen molar-refractivity contribution in [2.45, 2.75) is 51.8 Å². The number of hydrogen-bond acceptors (Lipinski definition) is 1. The van der Waals surface area contributed by atoms with E-state index in [9.17, 15) is 0 Å². The van der Waals surface area contributed by atoms with E-state index < -0.39 is 11.7 Å². The van der Waals surface area contributed by atoms with Gasteiger partial charge in [0, 0.05) is 30.2 Å². The number of ether oxygens (including phenoxy) is 1. The zero-order chi connectivity index (χ0) is 45.4. The fourth-order valence-corrected chi connectivity index (χ4v) is 11.1. The molecule has 0 amide bonds. The van der Waals surface area contributed by atoms with Crippen molar-refractivity contribution in [2.75, 3.05) is 0 Å². The first-order valence-corrected chi connectivity index (χ1v) is 23.1. The number of imidazole rings is 1. The van der Waals surface area contributed by atoms with Crippen LogP contribution in [0, 0.1) is 0 Å². The maximum atomic E-state index is 8.68. The summed E-state index contributed by atoms with van der Waals surface area (Å²) in [5, 5.41) is 0. The van der Waals surface area contributed by atoms with Crippen LogP contribution < -0.4 is 13.9 Å². The Bertz CT molecular complexity index is 3660. The van der Waals surface area contributed by atoms with Crippen LogP contribution >= 0.6 is 0 Å². The van der Waals surface area contributed by atoms with Crippen LogP contribution in [0.5, 0.6) is 5.75 Å². The molecule has 4 nitrogen and oxygen atoms in total. The molecule has 0 saturated heterocycles. The van der Waals surface area contributed by atoms with Crippen molar-refractivity contribution in [3.63, 3.8) is 0 Å². The maximum absolute atomic E-state index is 8.68. The van der Waals surface area contributed by atoms with Gasteiger partial charge < -0.3 is 4.74 Å². The highest BCUT2D eigenvalue weighted by atomic mass is 16.5. The van der Waals surface area contributed by atoms with Gasteiger partial charge in [-0.3, -0.25) is 0 Å². The van der Waals surface area contributed by atoms with E-state index in [0.29, 0.717) is 0 Å². The number of para-hydroxylation sites is 2. The monoisotopic (exact) mass is 852 g/mol. The Hall–Kier alpha value is -7.82. The molecule has 8 aromatic carbocycles. The number of nitrogens with zero attached hydrogens (tertiary/aromatic N) is 3. The van der Waals surface area contributed by atoms with Gasteiger partial charge >= 0.3 is 11.7 Å². The first-order chi connectivity index (χ1) is 32.5. The number of fused-ring (bicyclic) bond motifs is 5. The van der Waals surface area contributed by atoms with Gasteiger partial charge in [0.05, 0.1) is 5.56 Å². The first-order valence-electron chi connectivity index (χ1n) is 23.6. The highest BCUT2D eigenvalue weighted by Gasteiger charge is 2.68. The van der Waals surface area contributed by atoms with E-state index in [0.717, 1.165) is 89.6 Å². The van der Waals surface area contributed by atoms with Gasteiger partial charge in [0.15, 0.2) is 17.2 Å². The molecule has 316 valence electrons. The highest BCUT2D eigenvalue weighted by Crippen LogP contribution is 2.55. The molecule has 0 fully saturated rings. The Labute approximate surface area is 387 Å². The molecule has 66 heavy (non-hydrogen) atoms. The molecular formula is C62H49N3O+2. The van der Waals surface area contributed by atoms with Crippen molar-refractivity contribution in [1.29, 1.82) is 0 Å². The number of hydrogen-bond donors (Lipinski definition) is 0. The number of benzene rings is 8. The van der Waals surface area contributed by atoms with Gasteiger partial charge in [0.25, 0.3) is 0 Å². The van der Waals surface area contributed by atoms with E-state index >= 15 is 0 Å². The van der Waals surface area contributed by atoms with Gasteiger partial charge in [-0.1, -0.05) is 168 Å². The summed E-state index contributed by atoms with van der Waals surface area (Å²) < 4.78 is 23.9. The third-order valence-corrected chi connectivity index (χ3v) is 14.2. The molecule has 0 radical (unpaired) electrons. The van der Waals surface area contributed by atoms with Gasteiger partial charge in [0.1, 0.15) is 22.6 Å². The minimum atomic E-state index is -1.10. The SMILES string of the molecule is [2H]C(C)(C)c1ccc(-c2cc[n+]3c(c2)-c2cc(-c4ccccc4)cc4c2C32Oc3ccccc3-c3n(-c5cc(-c6ccccc6)c(C(C)(C)C)cc5-c5ccccc5)c5cccc-4c5[n+]32)cc1. The number of aromatic nitrogens is 3. The standard InChI is InChI=1S/C62H49N3O/c1-39(2)40-28-30-42(31-29-40)45-32-33-63-55(36-45)52-35-46(41-18-9-6-10-19-41)34-51-47-25-17-26-54-59(47)65-60(48-24-15-16-27-57(48)66-62(63,65)58(51)52)64(54)56-38-49(43-20-11-7-12-21-43)53(61(3,4)5)37-50(56)44-22-13-8-14-23-44/h6-39H,1-5H3/q+2/i39D. The molecule has 1 unspecified atom stereocenters. The molecule has 4 heteroatoms. The van der Waals surface area contributed by atoms with Crippen molar-refractivity contribution in [1.82, 2.24) is 4.57 Å². The fourth-order valence-electron chi connectivity index (χ4n) is 11.1. The van der Waals surface area contributed by atoms with E-state index in [4.69, 9.17) is 6.11 Å². The normalized spacial score (nSPS) is 15.4. The topological polar surface area (TPSA) is 21.9 Å². The summed E-state index contributed by atoms with van der Waals surface area (Å²) in [6.45, 7) is 10.9. The molecule has 3 aliphatic rings. The summed E-state index contributed by atoms with van der Waals surface area (Å²) in [7, 11) is 0. The summed E-state index contributed by atoms with van der Waals surface area (Å²) in [5.74, 6) is 0.102. The molecule has 0 N–H and O–H groups in total. The smallest absolute Gasteiger partial charge is 0.392 e. The van der Waals surface area contributed by atoms with E-state index in [1.807, 2.05) is 13.8 Å². The second-order valence-corrected chi connectivity index (χ2v) is 19.3. The van der Waals surface area contributed by atoms with Gasteiger partial charge in [0.2, 0.25) is 5.69 Å². The van der Waals surface area contributed by atoms with Crippen molar-refractivity contribution < 1.29 is 15.2 Å². The molecular weight excluding hydrogens is 803 g/mol. The lowest BCUT2D eigenvalue weighted by molar-refractivity contribution is -0.997. The van der Waals surface area contributed by atoms with Gasteiger partial charge in [-0.2, -0.15) is 4.57 Å². The van der Waals surface area contributed by atoms with Crippen LogP contribution in [0.3, 0.4) is 0 Å². The molecule has 1 spiro atoms. The van der Waals surface area contributed by atoms with Crippen LogP contribution in [-0.4, -0.2) is 4.57 Å². The second kappa shape index (κ2) is 14.1. The van der Waals surface area contributed by atoms with Crippen molar-refractivity contribution in [2.24, 2.45) is 0 Å². The van der Waals surface area contributed by atoms with Crippen molar-refractivity contribution >= 4 is 11.0 Å². The Morgan fingerprint density at radius 1 is 0.530 bits per heavy atom. The Balaban J connectivity index is 1.18. The lowest BCUT2D eigenvalue weighted by atomic mass is 9.79. The molecule has 0 bridgehead atoms. The van der Waals surface area contributed by atoms with Crippen LogP contribution in [0.15, 0.2) is 200 Å². The van der Waals surface area contributed by atoms with Gasteiger partial charge in [-0.15, -0.1) is 9.13 Å². The number of rotatable bonds is 6. The third-order valence-electron chi connectivity index (χ3n) is 14.2. The zero-order valence-electron chi connectivity index (χ0n) is 38.8. The average Bonchev–Trinajstić information content (AvgIpc) is 3.85. The predicted molar refractivity (Wildman–Crippen MR) is 268 cm³/mol. The molecule has 10 aromatic rings. The summed E-state index contributed by atoms with van der Waals surface area (Å²) in [5.41, 5.74) is 21.5. The lowest BCUT2D eigenvalue weighted by Crippen LogP contribution is -2.78. The largest absolute Gasteiger partial charge is 0.499 e. The summed E-state index contributed by atoms with van der Waals surface area (Å²) in [6.07, 6.45) is 2.24. The Kier molecular flexibility index (Phi) is 8.01. The fraction of sp³-hybridized carbons (Fsp3) is 0.129. The molecule has 1 atom stereocenters. The summed E-state index contributed by atoms with van der Waals surface area (Å²) in [6, 6.07) is 70.7. The average molecular weight is 853 g/mol. The quantitative estimate of drug-likeness (QED) is 0.153. The number of pyridine rings is 1. The lowest BCUT2D eigenvalue weighted by Gasteiger charge is -2.32. The van der Waals surface area contributed by atoms with E-state index in [-0.39, 0.29) is 5.41 Å². The van der Waals surface area contributed by atoms with E-state index in [2.05, 4.69) is 235 Å². The van der Waals surface area contributed by atoms with Crippen LogP contribution in [0.25, 0.3) is 95.0 Å². The molecule has 3 aliphatic heterocycles. The Morgan fingerprint density at radius 2 is 1.15 bits per heavy atom. The molecule has 0 aliphatic carbocycles. The van der Waals surface area contributed by atoms with E-state index in [1.54, 1.807) is 0 Å². The molecule has 2 aromatic heterocycles. The summed E-state index contributed by atoms with van der Waals surface area (Å²) in [4.78, 5) is 0. The molecule has 13 rings (SSSR count). The Morgan fingerprint density at radius 3 is 1.85 bits per heavy atom. The molecule has 5 heterocycles. The van der Waals surface area contributed by atoms with Crippen molar-refractivity contribution in [3.8, 4) is 89.7 Å². The maximum Gasteiger partial charge on any atom is 0.499 e. The van der Waals surface area contributed by atoms with Crippen LogP contribution in [0.1, 0.15) is 58.6 Å².